The first kappa shape index (κ1) is 14.0. The Balaban J connectivity index is 1.87. The van der Waals surface area contributed by atoms with Crippen LogP contribution in [0.1, 0.15) is 15.2 Å². The van der Waals surface area contributed by atoms with Crippen LogP contribution in [0.5, 0.6) is 5.75 Å². The van der Waals surface area contributed by atoms with Crippen molar-refractivity contribution < 1.29 is 9.53 Å². The molecule has 2 rings (SSSR count). The number of amides is 1. The van der Waals surface area contributed by atoms with Crippen molar-refractivity contribution in [3.63, 3.8) is 0 Å². The van der Waals surface area contributed by atoms with Gasteiger partial charge in [0.1, 0.15) is 9.54 Å². The van der Waals surface area contributed by atoms with E-state index in [2.05, 4.69) is 26.2 Å². The lowest BCUT2D eigenvalue weighted by Crippen LogP contribution is -2.24. The van der Waals surface area contributed by atoms with Gasteiger partial charge in [0, 0.05) is 25.0 Å². The average Bonchev–Trinajstić information content (AvgIpc) is 2.81. The van der Waals surface area contributed by atoms with Gasteiger partial charge in [-0.1, -0.05) is 6.07 Å². The maximum absolute atomic E-state index is 11.9. The second-order valence-electron chi connectivity index (χ2n) is 3.82. The summed E-state index contributed by atoms with van der Waals surface area (Å²) in [7, 11) is 1.58. The molecule has 0 atom stereocenters. The molecule has 2 aromatic heterocycles. The third-order valence-corrected chi connectivity index (χ3v) is 4.30. The molecule has 0 bridgehead atoms. The van der Waals surface area contributed by atoms with Crippen molar-refractivity contribution in [3.8, 4) is 5.75 Å². The summed E-state index contributed by atoms with van der Waals surface area (Å²) >= 11 is 4.72. The molecule has 2 aromatic rings. The van der Waals surface area contributed by atoms with Gasteiger partial charge < -0.3 is 10.1 Å². The lowest BCUT2D eigenvalue weighted by molar-refractivity contribution is 0.0958. The maximum atomic E-state index is 11.9. The van der Waals surface area contributed by atoms with Crippen LogP contribution in [0.25, 0.3) is 0 Å². The topological polar surface area (TPSA) is 51.2 Å². The predicted octanol–water partition coefficient (Wildman–Crippen LogP) is 2.89. The van der Waals surface area contributed by atoms with Crippen LogP contribution in [-0.4, -0.2) is 24.5 Å². The molecule has 0 aliphatic heterocycles. The van der Waals surface area contributed by atoms with E-state index in [4.69, 9.17) is 4.74 Å². The van der Waals surface area contributed by atoms with Gasteiger partial charge in [-0.15, -0.1) is 11.3 Å². The van der Waals surface area contributed by atoms with Crippen LogP contribution in [0, 0.1) is 0 Å². The molecule has 0 aliphatic rings. The van der Waals surface area contributed by atoms with Crippen molar-refractivity contribution in [1.29, 1.82) is 0 Å². The molecule has 0 saturated heterocycles. The van der Waals surface area contributed by atoms with Crippen molar-refractivity contribution in [2.45, 2.75) is 6.42 Å². The third-order valence-electron chi connectivity index (χ3n) is 2.52. The summed E-state index contributed by atoms with van der Waals surface area (Å²) < 4.78 is 5.95. The lowest BCUT2D eigenvalue weighted by Gasteiger charge is -2.03. The summed E-state index contributed by atoms with van der Waals surface area (Å²) in [6.07, 6.45) is 4.30. The molecule has 1 N–H and O–H groups in total. The first-order chi connectivity index (χ1) is 9.20. The fourth-order valence-electron chi connectivity index (χ4n) is 1.56. The largest absolute Gasteiger partial charge is 0.495 e. The second kappa shape index (κ2) is 6.68. The highest BCUT2D eigenvalue weighted by Crippen LogP contribution is 2.34. The summed E-state index contributed by atoms with van der Waals surface area (Å²) in [6.45, 7) is 0.586. The summed E-state index contributed by atoms with van der Waals surface area (Å²) in [5.41, 5.74) is 1.10. The van der Waals surface area contributed by atoms with Crippen LogP contribution in [0.15, 0.2) is 34.4 Å². The van der Waals surface area contributed by atoms with Crippen molar-refractivity contribution in [1.82, 2.24) is 10.3 Å². The zero-order chi connectivity index (χ0) is 13.7. The molecule has 2 heterocycles. The fourth-order valence-corrected chi connectivity index (χ4v) is 3.12. The number of carbonyl (C=O) groups excluding carboxylic acids is 1. The highest BCUT2D eigenvalue weighted by molar-refractivity contribution is 9.11. The zero-order valence-corrected chi connectivity index (χ0v) is 12.8. The number of carbonyl (C=O) groups is 1. The molecular formula is C13H13BrN2O2S. The van der Waals surface area contributed by atoms with Crippen LogP contribution >= 0.6 is 27.3 Å². The number of nitrogens with zero attached hydrogens (tertiary/aromatic N) is 1. The molecule has 1 amide bonds. The maximum Gasteiger partial charge on any atom is 0.261 e. The molecule has 0 saturated carbocycles. The van der Waals surface area contributed by atoms with Crippen LogP contribution in [-0.2, 0) is 6.42 Å². The number of pyridine rings is 1. The third kappa shape index (κ3) is 3.78. The number of aromatic nitrogens is 1. The first-order valence-corrected chi connectivity index (χ1v) is 7.32. The molecule has 4 nitrogen and oxygen atoms in total. The van der Waals surface area contributed by atoms with Crippen LogP contribution in [0.3, 0.4) is 0 Å². The predicted molar refractivity (Wildman–Crippen MR) is 78.8 cm³/mol. The number of thiophene rings is 1. The Morgan fingerprint density at radius 3 is 3.05 bits per heavy atom. The van der Waals surface area contributed by atoms with Gasteiger partial charge in [0.05, 0.1) is 12.0 Å². The molecule has 0 spiro atoms. The molecule has 0 aliphatic carbocycles. The minimum Gasteiger partial charge on any atom is -0.495 e. The van der Waals surface area contributed by atoms with E-state index in [1.165, 1.54) is 11.3 Å². The van der Waals surface area contributed by atoms with E-state index in [1.54, 1.807) is 25.6 Å². The zero-order valence-electron chi connectivity index (χ0n) is 10.4. The van der Waals surface area contributed by atoms with Gasteiger partial charge in [-0.05, 0) is 34.0 Å². The Kier molecular flexibility index (Phi) is 4.93. The van der Waals surface area contributed by atoms with E-state index in [0.717, 1.165) is 15.8 Å². The van der Waals surface area contributed by atoms with Gasteiger partial charge in [-0.25, -0.2) is 0 Å². The molecular weight excluding hydrogens is 328 g/mol. The summed E-state index contributed by atoms with van der Waals surface area (Å²) in [6, 6.07) is 5.61. The number of hydrogen-bond acceptors (Lipinski definition) is 4. The number of methoxy groups -OCH3 is 1. The number of halogens is 1. The molecule has 0 aromatic carbocycles. The van der Waals surface area contributed by atoms with Crippen molar-refractivity contribution >= 4 is 33.2 Å². The summed E-state index contributed by atoms with van der Waals surface area (Å²) in [5.74, 6) is 0.597. The van der Waals surface area contributed by atoms with Crippen LogP contribution < -0.4 is 10.1 Å². The minimum absolute atomic E-state index is 0.0853. The van der Waals surface area contributed by atoms with Crippen molar-refractivity contribution in [2.75, 3.05) is 13.7 Å². The molecule has 19 heavy (non-hydrogen) atoms. The number of hydrogen-bond donors (Lipinski definition) is 1. The fraction of sp³-hybridized carbons (Fsp3) is 0.231. The van der Waals surface area contributed by atoms with E-state index in [9.17, 15) is 4.79 Å². The number of ether oxygens (including phenoxy) is 1. The van der Waals surface area contributed by atoms with E-state index < -0.39 is 0 Å². The molecule has 6 heteroatoms. The van der Waals surface area contributed by atoms with E-state index in [-0.39, 0.29) is 5.91 Å². The Bertz CT molecular complexity index is 557. The van der Waals surface area contributed by atoms with Crippen LogP contribution in [0.4, 0.5) is 0 Å². The van der Waals surface area contributed by atoms with Gasteiger partial charge in [0.2, 0.25) is 0 Å². The number of rotatable bonds is 5. The standard InChI is InChI=1S/C13H13BrN2O2S/c1-18-10-7-11(19-12(10)14)13(17)16-6-4-9-3-2-5-15-8-9/h2-3,5,7-8H,4,6H2,1H3,(H,16,17). The molecule has 0 unspecified atom stereocenters. The van der Waals surface area contributed by atoms with Gasteiger partial charge in [-0.2, -0.15) is 0 Å². The second-order valence-corrected chi connectivity index (χ2v) is 6.19. The first-order valence-electron chi connectivity index (χ1n) is 5.71. The number of nitrogens with one attached hydrogen (secondary N) is 1. The van der Waals surface area contributed by atoms with E-state index >= 15 is 0 Å². The SMILES string of the molecule is COc1cc(C(=O)NCCc2cccnc2)sc1Br. The average molecular weight is 341 g/mol. The molecule has 0 radical (unpaired) electrons. The van der Waals surface area contributed by atoms with Gasteiger partial charge in [0.15, 0.2) is 0 Å². The molecule has 0 fully saturated rings. The van der Waals surface area contributed by atoms with E-state index in [0.29, 0.717) is 17.2 Å². The highest BCUT2D eigenvalue weighted by Gasteiger charge is 2.13. The normalized spacial score (nSPS) is 10.2. The lowest BCUT2D eigenvalue weighted by atomic mass is 10.2. The Morgan fingerprint density at radius 2 is 2.42 bits per heavy atom. The Labute approximate surface area is 124 Å². The van der Waals surface area contributed by atoms with Gasteiger partial charge in [0.25, 0.3) is 5.91 Å². The molecule has 100 valence electrons. The quantitative estimate of drug-likeness (QED) is 0.910. The van der Waals surface area contributed by atoms with Gasteiger partial charge in [-0.3, -0.25) is 9.78 Å². The summed E-state index contributed by atoms with van der Waals surface area (Å²) in [5, 5.41) is 2.88. The summed E-state index contributed by atoms with van der Waals surface area (Å²) in [4.78, 5) is 16.6. The van der Waals surface area contributed by atoms with Gasteiger partial charge >= 0.3 is 0 Å². The van der Waals surface area contributed by atoms with Crippen LogP contribution in [0.2, 0.25) is 0 Å². The monoisotopic (exact) mass is 340 g/mol. The highest BCUT2D eigenvalue weighted by atomic mass is 79.9. The van der Waals surface area contributed by atoms with Crippen molar-refractivity contribution in [2.24, 2.45) is 0 Å². The minimum atomic E-state index is -0.0853. The Morgan fingerprint density at radius 1 is 1.58 bits per heavy atom. The Hall–Kier alpha value is -1.40. The van der Waals surface area contributed by atoms with Crippen molar-refractivity contribution in [3.05, 3.63) is 44.8 Å². The smallest absolute Gasteiger partial charge is 0.261 e. The van der Waals surface area contributed by atoms with E-state index in [1.807, 2.05) is 12.1 Å².